The average Bonchev–Trinajstić information content (AvgIpc) is 2.90. The van der Waals surface area contributed by atoms with Gasteiger partial charge in [0, 0.05) is 18.6 Å². The molecule has 2 atom stereocenters. The molecule has 0 bridgehead atoms. The highest BCUT2D eigenvalue weighted by Crippen LogP contribution is 2.34. The largest absolute Gasteiger partial charge is 0.329 e. The predicted octanol–water partition coefficient (Wildman–Crippen LogP) is 1.55. The Hall–Kier alpha value is 0.270. The Morgan fingerprint density at radius 3 is 2.64 bits per heavy atom. The molecule has 2 rings (SSSR count). The van der Waals surface area contributed by atoms with Gasteiger partial charge in [-0.15, -0.1) is 0 Å². The fraction of sp³-hybridized carbons (Fsp3) is 1.00. The van der Waals surface area contributed by atoms with E-state index in [4.69, 9.17) is 5.73 Å². The van der Waals surface area contributed by atoms with Gasteiger partial charge in [-0.2, -0.15) is 11.8 Å². The lowest BCUT2D eigenvalue weighted by Gasteiger charge is -2.34. The van der Waals surface area contributed by atoms with Gasteiger partial charge in [-0.05, 0) is 43.2 Å². The number of likely N-dealkylation sites (N-methyl/N-ethyl adjacent to an activating group) is 1. The molecule has 2 fully saturated rings. The van der Waals surface area contributed by atoms with Crippen LogP contribution in [0.15, 0.2) is 0 Å². The first-order valence-corrected chi connectivity index (χ1v) is 7.05. The van der Waals surface area contributed by atoms with Crippen LogP contribution in [0.25, 0.3) is 0 Å². The van der Waals surface area contributed by atoms with Crippen LogP contribution in [-0.2, 0) is 0 Å². The highest BCUT2D eigenvalue weighted by molar-refractivity contribution is 7.99. The highest BCUT2D eigenvalue weighted by Gasteiger charge is 2.36. The van der Waals surface area contributed by atoms with Crippen LogP contribution in [0.2, 0.25) is 0 Å². The summed E-state index contributed by atoms with van der Waals surface area (Å²) in [5.74, 6) is 3.56. The third-order valence-corrected chi connectivity index (χ3v) is 4.75. The summed E-state index contributed by atoms with van der Waals surface area (Å²) in [6, 6.07) is 1.54. The van der Waals surface area contributed by atoms with Crippen LogP contribution >= 0.6 is 11.8 Å². The van der Waals surface area contributed by atoms with Crippen molar-refractivity contribution in [3.8, 4) is 0 Å². The van der Waals surface area contributed by atoms with Crippen LogP contribution in [0, 0.1) is 5.92 Å². The molecule has 2 aliphatic rings. The van der Waals surface area contributed by atoms with Gasteiger partial charge in [-0.1, -0.05) is 6.92 Å². The molecule has 2 N–H and O–H groups in total. The maximum Gasteiger partial charge on any atom is 0.0257 e. The summed E-state index contributed by atoms with van der Waals surface area (Å²) in [6.07, 6.45) is 4.20. The number of rotatable bonds is 5. The van der Waals surface area contributed by atoms with E-state index in [-0.39, 0.29) is 0 Å². The van der Waals surface area contributed by atoms with Crippen LogP contribution < -0.4 is 5.73 Å². The van der Waals surface area contributed by atoms with Crippen molar-refractivity contribution < 1.29 is 0 Å². The summed E-state index contributed by atoms with van der Waals surface area (Å²) in [5, 5.41) is 0. The van der Waals surface area contributed by atoms with E-state index in [2.05, 4.69) is 23.6 Å². The van der Waals surface area contributed by atoms with Gasteiger partial charge in [0.1, 0.15) is 0 Å². The number of hydrogen-bond donors (Lipinski definition) is 1. The lowest BCUT2D eigenvalue weighted by molar-refractivity contribution is 0.154. The quantitative estimate of drug-likeness (QED) is 0.753. The normalized spacial score (nSPS) is 29.8. The maximum absolute atomic E-state index is 5.94. The summed E-state index contributed by atoms with van der Waals surface area (Å²) in [4.78, 5) is 2.66. The van der Waals surface area contributed by atoms with E-state index in [1.54, 1.807) is 0 Å². The number of hydrogen-bond acceptors (Lipinski definition) is 3. The molecule has 14 heavy (non-hydrogen) atoms. The van der Waals surface area contributed by atoms with E-state index in [1.165, 1.54) is 37.3 Å². The van der Waals surface area contributed by atoms with E-state index in [1.807, 2.05) is 0 Å². The molecule has 0 radical (unpaired) electrons. The van der Waals surface area contributed by atoms with Gasteiger partial charge in [0.05, 0.1) is 0 Å². The first kappa shape index (κ1) is 10.8. The molecule has 3 heteroatoms. The molecular formula is C11H22N2S. The predicted molar refractivity (Wildman–Crippen MR) is 63.7 cm³/mol. The number of nitrogens with zero attached hydrogens (tertiary/aromatic N) is 1. The highest BCUT2D eigenvalue weighted by atomic mass is 32.2. The fourth-order valence-electron chi connectivity index (χ4n) is 2.62. The van der Waals surface area contributed by atoms with Crippen LogP contribution in [0.3, 0.4) is 0 Å². The van der Waals surface area contributed by atoms with Crippen molar-refractivity contribution in [2.24, 2.45) is 11.7 Å². The second-order valence-corrected chi connectivity index (χ2v) is 5.64. The van der Waals surface area contributed by atoms with Crippen LogP contribution in [0.5, 0.6) is 0 Å². The number of thioether (sulfide) groups is 1. The second kappa shape index (κ2) is 4.86. The standard InChI is InChI=1S/C11H22N2S/c1-2-13(10-3-4-10)11(7-12)9-5-6-14-8-9/h9-11H,2-8,12H2,1H3. The number of nitrogens with two attached hydrogens (primary N) is 1. The molecular weight excluding hydrogens is 192 g/mol. The zero-order valence-electron chi connectivity index (χ0n) is 9.11. The Morgan fingerprint density at radius 2 is 2.21 bits per heavy atom. The molecule has 0 spiro atoms. The molecule has 2 nitrogen and oxygen atoms in total. The molecule has 0 amide bonds. The van der Waals surface area contributed by atoms with Crippen molar-refractivity contribution in [2.45, 2.75) is 38.3 Å². The van der Waals surface area contributed by atoms with Crippen molar-refractivity contribution in [2.75, 3.05) is 24.6 Å². The Balaban J connectivity index is 1.94. The molecule has 82 valence electrons. The van der Waals surface area contributed by atoms with Crippen LogP contribution in [0.1, 0.15) is 26.2 Å². The fourth-order valence-corrected chi connectivity index (χ4v) is 3.95. The van der Waals surface area contributed by atoms with E-state index in [9.17, 15) is 0 Å². The smallest absolute Gasteiger partial charge is 0.0257 e. The summed E-state index contributed by atoms with van der Waals surface area (Å²) in [6.45, 7) is 4.33. The van der Waals surface area contributed by atoms with Crippen molar-refractivity contribution in [1.29, 1.82) is 0 Å². The van der Waals surface area contributed by atoms with Crippen molar-refractivity contribution in [1.82, 2.24) is 4.90 Å². The van der Waals surface area contributed by atoms with Gasteiger partial charge in [0.15, 0.2) is 0 Å². The van der Waals surface area contributed by atoms with Gasteiger partial charge < -0.3 is 5.73 Å². The SMILES string of the molecule is CCN(C1CC1)C(CN)C1CCSC1. The van der Waals surface area contributed by atoms with Gasteiger partial charge in [0.25, 0.3) is 0 Å². The van der Waals surface area contributed by atoms with E-state index < -0.39 is 0 Å². The molecule has 1 aliphatic heterocycles. The third kappa shape index (κ3) is 2.26. The van der Waals surface area contributed by atoms with Gasteiger partial charge >= 0.3 is 0 Å². The minimum atomic E-state index is 0.669. The molecule has 2 unspecified atom stereocenters. The third-order valence-electron chi connectivity index (χ3n) is 3.56. The van der Waals surface area contributed by atoms with Crippen LogP contribution in [-0.4, -0.2) is 41.6 Å². The van der Waals surface area contributed by atoms with Crippen LogP contribution in [0.4, 0.5) is 0 Å². The molecule has 0 aromatic heterocycles. The monoisotopic (exact) mass is 214 g/mol. The summed E-state index contributed by atoms with van der Waals surface area (Å²) in [5.41, 5.74) is 5.94. The second-order valence-electron chi connectivity index (χ2n) is 4.49. The van der Waals surface area contributed by atoms with Gasteiger partial charge in [-0.3, -0.25) is 4.90 Å². The van der Waals surface area contributed by atoms with E-state index >= 15 is 0 Å². The van der Waals surface area contributed by atoms with Crippen molar-refractivity contribution >= 4 is 11.8 Å². The van der Waals surface area contributed by atoms with Gasteiger partial charge in [-0.25, -0.2) is 0 Å². The first-order chi connectivity index (χ1) is 6.86. The molecule has 0 aromatic carbocycles. The molecule has 1 aliphatic carbocycles. The maximum atomic E-state index is 5.94. The van der Waals surface area contributed by atoms with Crippen molar-refractivity contribution in [3.63, 3.8) is 0 Å². The summed E-state index contributed by atoms with van der Waals surface area (Å²) in [7, 11) is 0. The Morgan fingerprint density at radius 1 is 1.43 bits per heavy atom. The topological polar surface area (TPSA) is 29.3 Å². The molecule has 1 heterocycles. The minimum absolute atomic E-state index is 0.669. The average molecular weight is 214 g/mol. The summed E-state index contributed by atoms with van der Waals surface area (Å²) < 4.78 is 0. The zero-order chi connectivity index (χ0) is 9.97. The lowest BCUT2D eigenvalue weighted by Crippen LogP contribution is -2.46. The molecule has 0 aromatic rings. The Bertz CT molecular complexity index is 176. The Kier molecular flexibility index (Phi) is 3.74. The summed E-state index contributed by atoms with van der Waals surface area (Å²) >= 11 is 2.10. The minimum Gasteiger partial charge on any atom is -0.329 e. The Labute approximate surface area is 91.6 Å². The molecule has 1 saturated heterocycles. The van der Waals surface area contributed by atoms with Crippen molar-refractivity contribution in [3.05, 3.63) is 0 Å². The lowest BCUT2D eigenvalue weighted by atomic mass is 9.97. The zero-order valence-corrected chi connectivity index (χ0v) is 9.93. The van der Waals surface area contributed by atoms with E-state index in [0.717, 1.165) is 18.5 Å². The van der Waals surface area contributed by atoms with E-state index in [0.29, 0.717) is 6.04 Å². The first-order valence-electron chi connectivity index (χ1n) is 5.90. The molecule has 1 saturated carbocycles. The van der Waals surface area contributed by atoms with Gasteiger partial charge in [0.2, 0.25) is 0 Å².